The summed E-state index contributed by atoms with van der Waals surface area (Å²) in [6, 6.07) is 0.178. The standard InChI is InChI=1S/C15H15N3O3/c1-8-17-11-4-2-3-10(16)14(11)15(21)18(8)12-6-5-9(19)7-13(12)20/h2-4,12H,5-7,16H2,1H3/i1D3,3D,5D,6D2. The summed E-state index contributed by atoms with van der Waals surface area (Å²) in [5.41, 5.74) is 4.23. The first-order valence-corrected chi connectivity index (χ1v) is 6.08. The summed E-state index contributed by atoms with van der Waals surface area (Å²) >= 11 is 0. The van der Waals surface area contributed by atoms with E-state index in [1.54, 1.807) is 0 Å². The lowest BCUT2D eigenvalue weighted by atomic mass is 9.92. The molecule has 0 bridgehead atoms. The topological polar surface area (TPSA) is 95.0 Å². The first-order chi connectivity index (χ1) is 12.8. The van der Waals surface area contributed by atoms with Crippen LogP contribution in [-0.4, -0.2) is 21.1 Å². The number of carbonyl (C=O) groups is 2. The van der Waals surface area contributed by atoms with E-state index in [9.17, 15) is 14.4 Å². The third-order valence-electron chi connectivity index (χ3n) is 3.21. The van der Waals surface area contributed by atoms with Gasteiger partial charge in [-0.15, -0.1) is 0 Å². The van der Waals surface area contributed by atoms with Crippen molar-refractivity contribution in [1.82, 2.24) is 9.55 Å². The van der Waals surface area contributed by atoms with Crippen LogP contribution in [-0.2, 0) is 9.59 Å². The molecule has 2 atom stereocenters. The fraction of sp³-hybridized carbons (Fsp3) is 0.333. The lowest BCUT2D eigenvalue weighted by molar-refractivity contribution is -0.132. The average Bonchev–Trinajstić information content (AvgIpc) is 2.56. The third-order valence-corrected chi connectivity index (χ3v) is 3.21. The number of Topliss-reactive ketones (excluding diaryl/α,β-unsaturated/α-hetero) is 2. The van der Waals surface area contributed by atoms with E-state index in [1.165, 1.54) is 12.1 Å². The van der Waals surface area contributed by atoms with Crippen LogP contribution in [0.1, 0.15) is 40.7 Å². The third kappa shape index (κ3) is 2.12. The summed E-state index contributed by atoms with van der Waals surface area (Å²) in [5, 5.41) is -0.331. The molecule has 1 heterocycles. The second kappa shape index (κ2) is 4.80. The summed E-state index contributed by atoms with van der Waals surface area (Å²) < 4.78 is 55.1. The molecule has 1 aromatic carbocycles. The molecule has 1 saturated carbocycles. The van der Waals surface area contributed by atoms with E-state index in [0.717, 1.165) is 0 Å². The van der Waals surface area contributed by atoms with Crippen molar-refractivity contribution in [3.63, 3.8) is 0 Å². The van der Waals surface area contributed by atoms with Crippen molar-refractivity contribution in [3.05, 3.63) is 34.4 Å². The van der Waals surface area contributed by atoms with Crippen molar-refractivity contribution in [1.29, 1.82) is 0 Å². The van der Waals surface area contributed by atoms with Crippen molar-refractivity contribution in [2.24, 2.45) is 0 Å². The number of nitrogen functional groups attached to an aromatic ring is 1. The fourth-order valence-electron chi connectivity index (χ4n) is 2.25. The van der Waals surface area contributed by atoms with Crippen LogP contribution in [0.25, 0.3) is 10.9 Å². The van der Waals surface area contributed by atoms with Crippen LogP contribution in [0.5, 0.6) is 0 Å². The number of aryl methyl sites for hydroxylation is 1. The quantitative estimate of drug-likeness (QED) is 0.628. The van der Waals surface area contributed by atoms with Crippen molar-refractivity contribution in [2.45, 2.75) is 32.1 Å². The van der Waals surface area contributed by atoms with Crippen molar-refractivity contribution in [2.75, 3.05) is 5.73 Å². The second-order valence-electron chi connectivity index (χ2n) is 4.59. The Kier molecular flexibility index (Phi) is 1.71. The Morgan fingerprint density at radius 3 is 3.10 bits per heavy atom. The van der Waals surface area contributed by atoms with Crippen LogP contribution in [0.4, 0.5) is 5.69 Å². The maximum atomic E-state index is 13.1. The molecule has 2 unspecified atom stereocenters. The van der Waals surface area contributed by atoms with E-state index < -0.39 is 55.0 Å². The Labute approximate surface area is 130 Å². The van der Waals surface area contributed by atoms with Gasteiger partial charge in [0.1, 0.15) is 11.6 Å². The van der Waals surface area contributed by atoms with E-state index in [2.05, 4.69) is 4.98 Å². The van der Waals surface area contributed by atoms with Crippen LogP contribution in [0.3, 0.4) is 0 Å². The summed E-state index contributed by atoms with van der Waals surface area (Å²) in [7, 11) is 0. The summed E-state index contributed by atoms with van der Waals surface area (Å²) in [6.45, 7) is -3.00. The van der Waals surface area contributed by atoms with Gasteiger partial charge in [0.05, 0.1) is 24.7 Å². The molecule has 1 fully saturated rings. The zero-order chi connectivity index (χ0) is 21.2. The maximum Gasteiger partial charge on any atom is 0.264 e. The molecule has 0 saturated heterocycles. The first kappa shape index (κ1) is 7.49. The molecule has 6 heteroatoms. The van der Waals surface area contributed by atoms with E-state index in [-0.39, 0.29) is 22.6 Å². The Bertz CT molecular complexity index is 1080. The van der Waals surface area contributed by atoms with E-state index in [0.29, 0.717) is 4.57 Å². The minimum absolute atomic E-state index is 0.122. The molecular formula is C15H15N3O3. The normalized spacial score (nSPS) is 30.6. The fourth-order valence-corrected chi connectivity index (χ4v) is 2.25. The summed E-state index contributed by atoms with van der Waals surface area (Å²) in [6.07, 6.45) is -5.64. The number of hydrogen-bond donors (Lipinski definition) is 1. The number of nitrogens with zero attached hydrogens (tertiary/aromatic N) is 2. The van der Waals surface area contributed by atoms with Gasteiger partial charge in [-0.25, -0.2) is 4.98 Å². The van der Waals surface area contributed by atoms with Gasteiger partial charge in [-0.3, -0.25) is 19.0 Å². The van der Waals surface area contributed by atoms with Gasteiger partial charge in [0.25, 0.3) is 5.56 Å². The van der Waals surface area contributed by atoms with Gasteiger partial charge >= 0.3 is 0 Å². The Morgan fingerprint density at radius 2 is 2.33 bits per heavy atom. The first-order valence-electron chi connectivity index (χ1n) is 9.65. The van der Waals surface area contributed by atoms with Gasteiger partial charge in [0.2, 0.25) is 0 Å². The number of rotatable bonds is 1. The highest BCUT2D eigenvalue weighted by molar-refractivity contribution is 6.03. The molecule has 0 amide bonds. The van der Waals surface area contributed by atoms with Crippen LogP contribution in [0.15, 0.2) is 23.0 Å². The molecular weight excluding hydrogens is 270 g/mol. The molecule has 108 valence electrons. The van der Waals surface area contributed by atoms with Crippen LogP contribution in [0.2, 0.25) is 0 Å². The molecule has 0 aliphatic heterocycles. The SMILES string of the molecule is [2H]c1ccc2nc(C([2H])([2H])[2H])n(C3C(=O)CC(=O)C([2H])C3([2H])[2H])c(=O)c2c1N. The number of aromatic nitrogens is 2. The van der Waals surface area contributed by atoms with E-state index in [1.807, 2.05) is 0 Å². The molecule has 6 nitrogen and oxygen atoms in total. The van der Waals surface area contributed by atoms with Gasteiger partial charge in [0, 0.05) is 20.3 Å². The average molecular weight is 292 g/mol. The number of ketones is 2. The Morgan fingerprint density at radius 1 is 1.52 bits per heavy atom. The maximum absolute atomic E-state index is 13.1. The zero-order valence-corrected chi connectivity index (χ0v) is 10.7. The number of fused-ring (bicyclic) bond motifs is 1. The monoisotopic (exact) mass is 292 g/mol. The minimum atomic E-state index is -3.00. The van der Waals surface area contributed by atoms with Crippen molar-refractivity contribution >= 4 is 28.2 Å². The molecule has 21 heavy (non-hydrogen) atoms. The zero-order valence-electron chi connectivity index (χ0n) is 17.7. The van der Waals surface area contributed by atoms with Gasteiger partial charge < -0.3 is 5.73 Å². The van der Waals surface area contributed by atoms with Gasteiger partial charge in [-0.1, -0.05) is 6.07 Å². The van der Waals surface area contributed by atoms with Gasteiger partial charge in [0.15, 0.2) is 5.78 Å². The molecule has 1 aliphatic rings. The molecule has 2 N–H and O–H groups in total. The summed E-state index contributed by atoms with van der Waals surface area (Å²) in [5.74, 6) is -2.85. The van der Waals surface area contributed by atoms with Crippen LogP contribution >= 0.6 is 0 Å². The number of carbonyl (C=O) groups excluding carboxylic acids is 2. The Hall–Kier alpha value is -2.50. The van der Waals surface area contributed by atoms with Crippen molar-refractivity contribution in [3.8, 4) is 0 Å². The highest BCUT2D eigenvalue weighted by atomic mass is 16.2. The molecule has 2 aromatic rings. The summed E-state index contributed by atoms with van der Waals surface area (Å²) in [4.78, 5) is 41.3. The largest absolute Gasteiger partial charge is 0.398 e. The minimum Gasteiger partial charge on any atom is -0.398 e. The predicted molar refractivity (Wildman–Crippen MR) is 78.1 cm³/mol. The number of hydrogen-bond acceptors (Lipinski definition) is 5. The number of nitrogens with two attached hydrogens (primary N) is 1. The van der Waals surface area contributed by atoms with Gasteiger partial charge in [-0.05, 0) is 25.3 Å². The van der Waals surface area contributed by atoms with E-state index >= 15 is 0 Å². The predicted octanol–water partition coefficient (Wildman–Crippen LogP) is 1.15. The smallest absolute Gasteiger partial charge is 0.264 e. The number of anilines is 1. The van der Waals surface area contributed by atoms with E-state index in [4.69, 9.17) is 15.3 Å². The molecule has 0 radical (unpaired) electrons. The molecule has 3 rings (SSSR count). The lowest BCUT2D eigenvalue weighted by Crippen LogP contribution is -2.36. The van der Waals surface area contributed by atoms with Crippen LogP contribution in [0, 0.1) is 6.85 Å². The van der Waals surface area contributed by atoms with Crippen molar-refractivity contribution < 1.29 is 19.2 Å². The lowest BCUT2D eigenvalue weighted by Gasteiger charge is -2.24. The number of benzene rings is 1. The Balaban J connectivity index is 2.47. The molecule has 1 aliphatic carbocycles. The van der Waals surface area contributed by atoms with Gasteiger partial charge in [-0.2, -0.15) is 0 Å². The highest BCUT2D eigenvalue weighted by Crippen LogP contribution is 2.24. The second-order valence-corrected chi connectivity index (χ2v) is 4.59. The highest BCUT2D eigenvalue weighted by Gasteiger charge is 2.30. The van der Waals surface area contributed by atoms with Crippen LogP contribution < -0.4 is 11.3 Å². The molecule has 0 spiro atoms. The molecule has 1 aromatic heterocycles.